The predicted molar refractivity (Wildman–Crippen MR) is 127 cm³/mol. The lowest BCUT2D eigenvalue weighted by Gasteiger charge is -2.31. The zero-order valence-electron chi connectivity index (χ0n) is 17.8. The van der Waals surface area contributed by atoms with E-state index in [-0.39, 0.29) is 11.8 Å². The van der Waals surface area contributed by atoms with E-state index >= 15 is 0 Å². The van der Waals surface area contributed by atoms with Crippen molar-refractivity contribution in [1.82, 2.24) is 10.2 Å². The molecule has 0 fully saturated rings. The summed E-state index contributed by atoms with van der Waals surface area (Å²) < 4.78 is 0. The Labute approximate surface area is 189 Å². The van der Waals surface area contributed by atoms with Gasteiger partial charge in [0.05, 0.1) is 5.75 Å². The van der Waals surface area contributed by atoms with Crippen LogP contribution in [0.25, 0.3) is 0 Å². The first-order valence-corrected chi connectivity index (χ1v) is 12.0. The van der Waals surface area contributed by atoms with Crippen LogP contribution >= 0.6 is 23.4 Å². The van der Waals surface area contributed by atoms with Crippen LogP contribution in [-0.2, 0) is 21.9 Å². The maximum absolute atomic E-state index is 13.2. The van der Waals surface area contributed by atoms with Gasteiger partial charge >= 0.3 is 0 Å². The lowest BCUT2D eigenvalue weighted by Crippen LogP contribution is -2.49. The Hall–Kier alpha value is -1.98. The molecular weight excluding hydrogens is 416 g/mol. The molecule has 4 nitrogen and oxygen atoms in total. The number of halogens is 1. The first-order valence-electron chi connectivity index (χ1n) is 10.5. The summed E-state index contributed by atoms with van der Waals surface area (Å²) in [5.41, 5.74) is 2.03. The lowest BCUT2D eigenvalue weighted by atomic mass is 10.1. The van der Waals surface area contributed by atoms with E-state index in [1.165, 1.54) is 5.56 Å². The van der Waals surface area contributed by atoms with Crippen molar-refractivity contribution in [3.63, 3.8) is 0 Å². The monoisotopic (exact) mass is 446 g/mol. The highest BCUT2D eigenvalue weighted by Gasteiger charge is 2.28. The zero-order valence-corrected chi connectivity index (χ0v) is 19.3. The minimum absolute atomic E-state index is 0.0478. The number of unbranched alkanes of at least 4 members (excludes halogenated alkanes) is 1. The average molecular weight is 447 g/mol. The summed E-state index contributed by atoms with van der Waals surface area (Å²) in [6.45, 7) is 4.97. The molecule has 2 rings (SSSR count). The fraction of sp³-hybridized carbons (Fsp3) is 0.417. The van der Waals surface area contributed by atoms with E-state index in [2.05, 4.69) is 24.4 Å². The standard InChI is InChI=1S/C24H31ClN2O2S/c1-3-5-15-26-24(29)22(4-2)27(16-20-13-9-10-14-21(20)25)23(28)18-30-17-19-11-7-6-8-12-19/h6-14,22H,3-5,15-18H2,1-2H3,(H,26,29)/t22-/m1/s1. The van der Waals surface area contributed by atoms with Gasteiger partial charge in [-0.25, -0.2) is 0 Å². The third-order valence-corrected chi connectivity index (χ3v) is 6.21. The van der Waals surface area contributed by atoms with Crippen LogP contribution in [-0.4, -0.2) is 35.1 Å². The minimum atomic E-state index is -0.511. The second kappa shape index (κ2) is 13.3. The highest BCUT2D eigenvalue weighted by Crippen LogP contribution is 2.21. The number of hydrogen-bond acceptors (Lipinski definition) is 3. The van der Waals surface area contributed by atoms with Crippen molar-refractivity contribution in [3.05, 3.63) is 70.7 Å². The van der Waals surface area contributed by atoms with Crippen molar-refractivity contribution in [2.75, 3.05) is 12.3 Å². The number of benzene rings is 2. The molecule has 2 aromatic carbocycles. The number of nitrogens with one attached hydrogen (secondary N) is 1. The van der Waals surface area contributed by atoms with Gasteiger partial charge in [-0.05, 0) is 30.0 Å². The second-order valence-corrected chi connectivity index (χ2v) is 8.55. The third-order valence-electron chi connectivity index (χ3n) is 4.85. The summed E-state index contributed by atoms with van der Waals surface area (Å²) in [5, 5.41) is 3.58. The van der Waals surface area contributed by atoms with Gasteiger partial charge in [0.1, 0.15) is 6.04 Å². The van der Waals surface area contributed by atoms with E-state index < -0.39 is 6.04 Å². The van der Waals surface area contributed by atoms with Crippen LogP contribution in [0.15, 0.2) is 54.6 Å². The Balaban J connectivity index is 2.11. The van der Waals surface area contributed by atoms with Crippen LogP contribution in [0.5, 0.6) is 0 Å². The van der Waals surface area contributed by atoms with Crippen LogP contribution in [0.2, 0.25) is 5.02 Å². The summed E-state index contributed by atoms with van der Waals surface area (Å²) in [7, 11) is 0. The molecule has 2 amide bonds. The van der Waals surface area contributed by atoms with Crippen LogP contribution in [0.4, 0.5) is 0 Å². The molecule has 0 aliphatic heterocycles. The topological polar surface area (TPSA) is 49.4 Å². The minimum Gasteiger partial charge on any atom is -0.354 e. The van der Waals surface area contributed by atoms with E-state index in [0.717, 1.165) is 24.2 Å². The zero-order chi connectivity index (χ0) is 21.8. The van der Waals surface area contributed by atoms with Gasteiger partial charge in [-0.2, -0.15) is 0 Å². The molecule has 2 aromatic rings. The Morgan fingerprint density at radius 3 is 2.43 bits per heavy atom. The van der Waals surface area contributed by atoms with Crippen LogP contribution < -0.4 is 5.32 Å². The van der Waals surface area contributed by atoms with E-state index in [1.807, 2.05) is 49.4 Å². The molecule has 0 radical (unpaired) electrons. The smallest absolute Gasteiger partial charge is 0.242 e. The van der Waals surface area contributed by atoms with Crippen molar-refractivity contribution in [2.24, 2.45) is 0 Å². The molecule has 0 saturated carbocycles. The average Bonchev–Trinajstić information content (AvgIpc) is 2.75. The van der Waals surface area contributed by atoms with Gasteiger partial charge in [-0.3, -0.25) is 9.59 Å². The largest absolute Gasteiger partial charge is 0.354 e. The van der Waals surface area contributed by atoms with Crippen molar-refractivity contribution < 1.29 is 9.59 Å². The number of carbonyl (C=O) groups excluding carboxylic acids is 2. The lowest BCUT2D eigenvalue weighted by molar-refractivity contribution is -0.139. The number of hydrogen-bond donors (Lipinski definition) is 1. The Morgan fingerprint density at radius 2 is 1.77 bits per heavy atom. The number of rotatable bonds is 12. The quantitative estimate of drug-likeness (QED) is 0.450. The molecule has 0 aromatic heterocycles. The van der Waals surface area contributed by atoms with E-state index in [1.54, 1.807) is 16.7 Å². The first kappa shape index (κ1) is 24.3. The summed E-state index contributed by atoms with van der Waals surface area (Å²) in [6.07, 6.45) is 2.49. The summed E-state index contributed by atoms with van der Waals surface area (Å²) in [4.78, 5) is 27.7. The molecule has 0 bridgehead atoms. The predicted octanol–water partition coefficient (Wildman–Crippen LogP) is 5.30. The molecule has 162 valence electrons. The number of nitrogens with zero attached hydrogens (tertiary/aromatic N) is 1. The molecule has 0 aliphatic rings. The Bertz CT molecular complexity index is 801. The van der Waals surface area contributed by atoms with Crippen molar-refractivity contribution >= 4 is 35.2 Å². The van der Waals surface area contributed by atoms with E-state index in [4.69, 9.17) is 11.6 Å². The SMILES string of the molecule is CCCCNC(=O)[C@@H](CC)N(Cc1ccccc1Cl)C(=O)CSCc1ccccc1. The molecule has 0 unspecified atom stereocenters. The van der Waals surface area contributed by atoms with Crippen LogP contribution in [0.1, 0.15) is 44.2 Å². The Kier molecular flexibility index (Phi) is 10.8. The summed E-state index contributed by atoms with van der Waals surface area (Å²) in [5.74, 6) is 0.928. The van der Waals surface area contributed by atoms with Crippen molar-refractivity contribution in [2.45, 2.75) is 51.4 Å². The normalized spacial score (nSPS) is 11.7. The molecule has 0 aliphatic carbocycles. The fourth-order valence-corrected chi connectivity index (χ4v) is 4.22. The van der Waals surface area contributed by atoms with Gasteiger partial charge in [0.25, 0.3) is 0 Å². The maximum Gasteiger partial charge on any atom is 0.242 e. The molecule has 0 saturated heterocycles. The first-order chi connectivity index (χ1) is 14.6. The van der Waals surface area contributed by atoms with Gasteiger partial charge < -0.3 is 10.2 Å². The van der Waals surface area contributed by atoms with Crippen molar-refractivity contribution in [3.8, 4) is 0 Å². The summed E-state index contributed by atoms with van der Waals surface area (Å²) >= 11 is 7.91. The molecule has 30 heavy (non-hydrogen) atoms. The molecule has 1 N–H and O–H groups in total. The third kappa shape index (κ3) is 7.69. The number of thioether (sulfide) groups is 1. The maximum atomic E-state index is 13.2. The number of carbonyl (C=O) groups is 2. The number of amides is 2. The molecule has 1 atom stereocenters. The summed E-state index contributed by atoms with van der Waals surface area (Å²) in [6, 6.07) is 17.0. The van der Waals surface area contributed by atoms with Gasteiger partial charge in [-0.15, -0.1) is 11.8 Å². The van der Waals surface area contributed by atoms with Gasteiger partial charge in [-0.1, -0.05) is 80.4 Å². The van der Waals surface area contributed by atoms with Gasteiger partial charge in [0.15, 0.2) is 0 Å². The van der Waals surface area contributed by atoms with Crippen LogP contribution in [0, 0.1) is 0 Å². The van der Waals surface area contributed by atoms with Crippen LogP contribution in [0.3, 0.4) is 0 Å². The van der Waals surface area contributed by atoms with Gasteiger partial charge in [0.2, 0.25) is 11.8 Å². The molecule has 6 heteroatoms. The highest BCUT2D eigenvalue weighted by molar-refractivity contribution is 7.99. The van der Waals surface area contributed by atoms with Crippen molar-refractivity contribution in [1.29, 1.82) is 0 Å². The fourth-order valence-electron chi connectivity index (χ4n) is 3.15. The Morgan fingerprint density at radius 1 is 1.07 bits per heavy atom. The van der Waals surface area contributed by atoms with E-state index in [0.29, 0.717) is 30.3 Å². The molecular formula is C24H31ClN2O2S. The van der Waals surface area contributed by atoms with E-state index in [9.17, 15) is 9.59 Å². The molecule has 0 spiro atoms. The van der Waals surface area contributed by atoms with Gasteiger partial charge in [0, 0.05) is 23.9 Å². The second-order valence-electron chi connectivity index (χ2n) is 7.16. The molecule has 0 heterocycles. The highest BCUT2D eigenvalue weighted by atomic mass is 35.5.